The number of fused-ring (bicyclic) bond motifs is 1. The number of unbranched alkanes of at least 4 members (excludes halogenated alkanes) is 3. The molecule has 0 radical (unpaired) electrons. The van der Waals surface area contributed by atoms with Crippen LogP contribution in [-0.4, -0.2) is 0 Å². The highest BCUT2D eigenvalue weighted by Crippen LogP contribution is 2.23. The van der Waals surface area contributed by atoms with Gasteiger partial charge in [0, 0.05) is 27.6 Å². The molecule has 0 aliphatic carbocycles. The van der Waals surface area contributed by atoms with E-state index in [1.54, 1.807) is 0 Å². The molecule has 0 amide bonds. The van der Waals surface area contributed by atoms with Gasteiger partial charge in [0.05, 0.1) is 0 Å². The van der Waals surface area contributed by atoms with Gasteiger partial charge in [0.1, 0.15) is 5.82 Å². The summed E-state index contributed by atoms with van der Waals surface area (Å²) in [5.74, 6) is 12.8. The fourth-order valence-corrected chi connectivity index (χ4v) is 4.30. The van der Waals surface area contributed by atoms with Gasteiger partial charge in [-0.3, -0.25) is 0 Å². The maximum Gasteiger partial charge on any atom is 0.134 e. The Labute approximate surface area is 221 Å². The van der Waals surface area contributed by atoms with Gasteiger partial charge in [-0.25, -0.2) is 4.39 Å². The molecule has 4 aromatic carbocycles. The second-order valence-corrected chi connectivity index (χ2v) is 9.39. The van der Waals surface area contributed by atoms with Crippen LogP contribution in [0, 0.1) is 29.5 Å². The van der Waals surface area contributed by atoms with Crippen LogP contribution in [0.2, 0.25) is 0 Å². The van der Waals surface area contributed by atoms with E-state index in [1.807, 2.05) is 60.7 Å². The van der Waals surface area contributed by atoms with Gasteiger partial charge in [-0.05, 0) is 90.7 Å². The Morgan fingerprint density at radius 2 is 1.27 bits per heavy atom. The first-order valence-electron chi connectivity index (χ1n) is 13.2. The van der Waals surface area contributed by atoms with Gasteiger partial charge < -0.3 is 0 Å². The highest BCUT2D eigenvalue weighted by molar-refractivity contribution is 5.85. The van der Waals surface area contributed by atoms with Crippen LogP contribution in [0.4, 0.5) is 4.39 Å². The third-order valence-corrected chi connectivity index (χ3v) is 6.51. The molecule has 0 bridgehead atoms. The molecular weight excluding hydrogens is 451 g/mol. The first-order chi connectivity index (χ1) is 18.2. The van der Waals surface area contributed by atoms with Crippen LogP contribution in [0.15, 0.2) is 91.5 Å². The summed E-state index contributed by atoms with van der Waals surface area (Å²) in [6.07, 6.45) is 9.53. The Balaban J connectivity index is 1.39. The van der Waals surface area contributed by atoms with Crippen LogP contribution in [0.25, 0.3) is 10.8 Å². The Morgan fingerprint density at radius 3 is 1.89 bits per heavy atom. The Hall–Kier alpha value is -4.07. The summed E-state index contributed by atoms with van der Waals surface area (Å²) < 4.78 is 14.8. The third kappa shape index (κ3) is 7.46. The van der Waals surface area contributed by atoms with E-state index in [4.69, 9.17) is 0 Å². The fourth-order valence-electron chi connectivity index (χ4n) is 4.30. The van der Waals surface area contributed by atoms with Crippen LogP contribution in [0.3, 0.4) is 0 Å². The Kier molecular flexibility index (Phi) is 9.35. The lowest BCUT2D eigenvalue weighted by atomic mass is 10.0. The smallest absolute Gasteiger partial charge is 0.134 e. The van der Waals surface area contributed by atoms with Crippen molar-refractivity contribution in [2.75, 3.05) is 0 Å². The van der Waals surface area contributed by atoms with Crippen LogP contribution < -0.4 is 0 Å². The zero-order valence-electron chi connectivity index (χ0n) is 21.6. The van der Waals surface area contributed by atoms with Crippen molar-refractivity contribution in [3.63, 3.8) is 0 Å². The molecule has 184 valence electrons. The zero-order chi connectivity index (χ0) is 25.9. The van der Waals surface area contributed by atoms with Crippen LogP contribution >= 0.6 is 0 Å². The van der Waals surface area contributed by atoms with Crippen molar-refractivity contribution in [3.05, 3.63) is 131 Å². The fraction of sp³-hybridized carbons (Fsp3) is 0.222. The number of benzene rings is 4. The van der Waals surface area contributed by atoms with Gasteiger partial charge in [0.2, 0.25) is 0 Å². The van der Waals surface area contributed by atoms with Crippen molar-refractivity contribution >= 4 is 10.8 Å². The normalized spacial score (nSPS) is 10.3. The number of rotatable bonds is 8. The van der Waals surface area contributed by atoms with Gasteiger partial charge in [0.15, 0.2) is 0 Å². The molecule has 0 aliphatic rings. The van der Waals surface area contributed by atoms with Crippen molar-refractivity contribution in [3.8, 4) is 23.7 Å². The van der Waals surface area contributed by atoms with Gasteiger partial charge in [-0.1, -0.05) is 86.3 Å². The molecule has 37 heavy (non-hydrogen) atoms. The predicted octanol–water partition coefficient (Wildman–Crippen LogP) is 9.02. The van der Waals surface area contributed by atoms with E-state index >= 15 is 0 Å². The van der Waals surface area contributed by atoms with E-state index in [9.17, 15) is 4.39 Å². The highest BCUT2D eigenvalue weighted by Gasteiger charge is 2.07. The number of hydrogen-bond donors (Lipinski definition) is 0. The summed E-state index contributed by atoms with van der Waals surface area (Å²) in [5, 5.41) is 1.50. The van der Waals surface area contributed by atoms with Gasteiger partial charge in [0.25, 0.3) is 0 Å². The molecule has 0 saturated carbocycles. The third-order valence-electron chi connectivity index (χ3n) is 6.51. The molecule has 0 nitrogen and oxygen atoms in total. The number of halogens is 1. The van der Waals surface area contributed by atoms with E-state index in [0.717, 1.165) is 46.0 Å². The van der Waals surface area contributed by atoms with Crippen molar-refractivity contribution in [2.24, 2.45) is 0 Å². The first kappa shape index (κ1) is 26.0. The van der Waals surface area contributed by atoms with Crippen LogP contribution in [0.5, 0.6) is 0 Å². The topological polar surface area (TPSA) is 0 Å². The molecule has 4 rings (SSSR count). The van der Waals surface area contributed by atoms with Gasteiger partial charge in [-0.2, -0.15) is 0 Å². The molecule has 4 aromatic rings. The first-order valence-corrected chi connectivity index (χ1v) is 13.2. The van der Waals surface area contributed by atoms with E-state index in [1.165, 1.54) is 31.2 Å². The molecule has 1 heteroatoms. The molecule has 0 unspecified atom stereocenters. The zero-order valence-corrected chi connectivity index (χ0v) is 21.6. The average molecular weight is 485 g/mol. The molecule has 0 atom stereocenters. The largest absolute Gasteiger partial charge is 0.206 e. The van der Waals surface area contributed by atoms with E-state index in [-0.39, 0.29) is 5.82 Å². The average Bonchev–Trinajstić information content (AvgIpc) is 2.94. The SMILES string of the molecule is C=CCCc1ccc2cc(C#Cc3ccc(C#Cc4ccc(CCCCCC)cc4)cc3)ccc2c1F. The second kappa shape index (κ2) is 13.3. The molecule has 0 fully saturated rings. The number of hydrogen-bond acceptors (Lipinski definition) is 0. The summed E-state index contributed by atoms with van der Waals surface area (Å²) in [4.78, 5) is 0. The minimum Gasteiger partial charge on any atom is -0.206 e. The van der Waals surface area contributed by atoms with Crippen molar-refractivity contribution in [1.29, 1.82) is 0 Å². The molecule has 0 saturated heterocycles. The van der Waals surface area contributed by atoms with Crippen molar-refractivity contribution < 1.29 is 4.39 Å². The predicted molar refractivity (Wildman–Crippen MR) is 155 cm³/mol. The summed E-state index contributed by atoms with van der Waals surface area (Å²) in [6.45, 7) is 5.96. The number of allylic oxidation sites excluding steroid dienone is 1. The molecule has 0 aromatic heterocycles. The highest BCUT2D eigenvalue weighted by atomic mass is 19.1. The second-order valence-electron chi connectivity index (χ2n) is 9.39. The summed E-state index contributed by atoms with van der Waals surface area (Å²) >= 11 is 0. The molecule has 0 N–H and O–H groups in total. The minimum absolute atomic E-state index is 0.145. The Morgan fingerprint density at radius 1 is 0.676 bits per heavy atom. The summed E-state index contributed by atoms with van der Waals surface area (Å²) in [7, 11) is 0. The summed E-state index contributed by atoms with van der Waals surface area (Å²) in [5.41, 5.74) is 5.88. The lowest BCUT2D eigenvalue weighted by Crippen LogP contribution is -1.92. The molecular formula is C36H33F. The van der Waals surface area contributed by atoms with E-state index in [0.29, 0.717) is 11.8 Å². The quantitative estimate of drug-likeness (QED) is 0.133. The van der Waals surface area contributed by atoms with E-state index < -0.39 is 0 Å². The maximum atomic E-state index is 14.8. The van der Waals surface area contributed by atoms with E-state index in [2.05, 4.69) is 61.4 Å². The van der Waals surface area contributed by atoms with Gasteiger partial charge in [-0.15, -0.1) is 6.58 Å². The van der Waals surface area contributed by atoms with Crippen molar-refractivity contribution in [1.82, 2.24) is 0 Å². The van der Waals surface area contributed by atoms with Crippen LogP contribution in [0.1, 0.15) is 72.4 Å². The molecule has 0 heterocycles. The summed E-state index contributed by atoms with van der Waals surface area (Å²) in [6, 6.07) is 26.1. The maximum absolute atomic E-state index is 14.8. The monoisotopic (exact) mass is 484 g/mol. The standard InChI is InChI=1S/C36H33F/c1-3-5-7-8-9-28-11-13-29(14-12-28)15-16-30-17-19-31(20-18-30)21-22-32-23-26-35-34(27-32)25-24-33(36(35)37)10-6-4-2/h4,11-14,17-20,23-27H,2-3,5-10H2,1H3. The Bertz CT molecular complexity index is 1470. The van der Waals surface area contributed by atoms with Gasteiger partial charge >= 0.3 is 0 Å². The lowest BCUT2D eigenvalue weighted by molar-refractivity contribution is 0.621. The molecule has 0 aliphatic heterocycles. The van der Waals surface area contributed by atoms with Crippen LogP contribution in [-0.2, 0) is 12.8 Å². The number of aryl methyl sites for hydroxylation is 2. The molecule has 0 spiro atoms. The minimum atomic E-state index is -0.145. The van der Waals surface area contributed by atoms with Crippen molar-refractivity contribution in [2.45, 2.75) is 51.9 Å². The lowest BCUT2D eigenvalue weighted by Gasteiger charge is -2.06.